The summed E-state index contributed by atoms with van der Waals surface area (Å²) in [6.07, 6.45) is 1.97. The highest BCUT2D eigenvalue weighted by atomic mass is 32.1. The molecule has 0 unspecified atom stereocenters. The van der Waals surface area contributed by atoms with E-state index < -0.39 is 0 Å². The molecule has 10 heavy (non-hydrogen) atoms. The van der Waals surface area contributed by atoms with Gasteiger partial charge in [0.25, 0.3) is 0 Å². The van der Waals surface area contributed by atoms with Crippen molar-refractivity contribution in [2.75, 3.05) is 0 Å². The van der Waals surface area contributed by atoms with Gasteiger partial charge in [-0.3, -0.25) is 0 Å². The van der Waals surface area contributed by atoms with Gasteiger partial charge in [-0.1, -0.05) is 0 Å². The standard InChI is InChI=1S/C8H8NS/c1-6-5-7-8(10-6)3-4-9(7)2/h4-5H,1-2H3. The summed E-state index contributed by atoms with van der Waals surface area (Å²) in [7, 11) is 2.05. The Morgan fingerprint density at radius 3 is 3.10 bits per heavy atom. The quantitative estimate of drug-likeness (QED) is 0.543. The molecule has 0 aromatic carbocycles. The van der Waals surface area contributed by atoms with Gasteiger partial charge in [0.1, 0.15) is 0 Å². The van der Waals surface area contributed by atoms with Gasteiger partial charge in [-0.25, -0.2) is 0 Å². The van der Waals surface area contributed by atoms with E-state index in [-0.39, 0.29) is 0 Å². The topological polar surface area (TPSA) is 4.93 Å². The van der Waals surface area contributed by atoms with Crippen molar-refractivity contribution in [3.05, 3.63) is 23.2 Å². The van der Waals surface area contributed by atoms with Crippen LogP contribution in [0.5, 0.6) is 0 Å². The second-order valence-electron chi connectivity index (χ2n) is 2.46. The molecule has 0 spiro atoms. The first-order valence-corrected chi connectivity index (χ1v) is 4.02. The highest BCUT2D eigenvalue weighted by Gasteiger charge is 2.00. The molecule has 0 saturated heterocycles. The number of hydrogen-bond acceptors (Lipinski definition) is 1. The molecule has 0 aliphatic rings. The molecule has 2 aromatic rings. The predicted molar refractivity (Wildman–Crippen MR) is 44.4 cm³/mol. The fourth-order valence-corrected chi connectivity index (χ4v) is 2.00. The van der Waals surface area contributed by atoms with Gasteiger partial charge in [0, 0.05) is 24.2 Å². The second kappa shape index (κ2) is 1.86. The zero-order chi connectivity index (χ0) is 7.14. The molecule has 51 valence electrons. The molecule has 0 fully saturated rings. The molecule has 2 rings (SSSR count). The van der Waals surface area contributed by atoms with Crippen LogP contribution in [-0.4, -0.2) is 4.57 Å². The summed E-state index contributed by atoms with van der Waals surface area (Å²) >= 11 is 1.80. The van der Waals surface area contributed by atoms with Gasteiger partial charge in [0.15, 0.2) is 0 Å². The van der Waals surface area contributed by atoms with E-state index in [0.29, 0.717) is 0 Å². The normalized spacial score (nSPS) is 11.0. The number of rotatable bonds is 0. The molecular formula is C8H8NS. The largest absolute Gasteiger partial charge is 0.349 e. The number of aryl methyl sites for hydroxylation is 2. The van der Waals surface area contributed by atoms with Gasteiger partial charge >= 0.3 is 0 Å². The van der Waals surface area contributed by atoms with Crippen molar-refractivity contribution in [3.8, 4) is 0 Å². The Morgan fingerprint density at radius 1 is 1.60 bits per heavy atom. The summed E-state index contributed by atoms with van der Waals surface area (Å²) in [5, 5.41) is 0. The molecule has 0 saturated carbocycles. The molecule has 0 aliphatic heterocycles. The van der Waals surface area contributed by atoms with E-state index in [1.165, 1.54) is 15.1 Å². The minimum absolute atomic E-state index is 1.26. The summed E-state index contributed by atoms with van der Waals surface area (Å²) in [5.74, 6) is 0. The molecule has 0 atom stereocenters. The Morgan fingerprint density at radius 2 is 2.40 bits per heavy atom. The first-order valence-electron chi connectivity index (χ1n) is 3.20. The summed E-state index contributed by atoms with van der Waals surface area (Å²) < 4.78 is 3.36. The Balaban J connectivity index is 2.90. The van der Waals surface area contributed by atoms with Crippen LogP contribution in [0.3, 0.4) is 0 Å². The fourth-order valence-electron chi connectivity index (χ4n) is 1.09. The van der Waals surface area contributed by atoms with Crippen LogP contribution in [-0.2, 0) is 7.05 Å². The highest BCUT2D eigenvalue weighted by molar-refractivity contribution is 7.18. The van der Waals surface area contributed by atoms with Gasteiger partial charge in [0.05, 0.1) is 10.2 Å². The predicted octanol–water partition coefficient (Wildman–Crippen LogP) is 2.35. The van der Waals surface area contributed by atoms with Crippen molar-refractivity contribution in [1.82, 2.24) is 4.57 Å². The monoisotopic (exact) mass is 150 g/mol. The van der Waals surface area contributed by atoms with Crippen LogP contribution in [0, 0.1) is 13.0 Å². The Kier molecular flexibility index (Phi) is 1.11. The third kappa shape index (κ3) is 0.688. The van der Waals surface area contributed by atoms with E-state index in [4.69, 9.17) is 0 Å². The van der Waals surface area contributed by atoms with Crippen molar-refractivity contribution in [1.29, 1.82) is 0 Å². The fraction of sp³-hybridized carbons (Fsp3) is 0.250. The average Bonchev–Trinajstić information content (AvgIpc) is 2.35. The van der Waals surface area contributed by atoms with Gasteiger partial charge in [-0.05, 0) is 13.0 Å². The van der Waals surface area contributed by atoms with Gasteiger partial charge < -0.3 is 4.57 Å². The van der Waals surface area contributed by atoms with Crippen LogP contribution in [0.2, 0.25) is 0 Å². The van der Waals surface area contributed by atoms with E-state index in [2.05, 4.69) is 23.6 Å². The van der Waals surface area contributed by atoms with Crippen molar-refractivity contribution >= 4 is 21.6 Å². The molecule has 0 amide bonds. The minimum atomic E-state index is 1.26. The molecule has 2 aromatic heterocycles. The maximum absolute atomic E-state index is 3.19. The molecule has 0 bridgehead atoms. The van der Waals surface area contributed by atoms with Crippen LogP contribution < -0.4 is 0 Å². The first kappa shape index (κ1) is 5.98. The minimum Gasteiger partial charge on any atom is -0.349 e. The molecular weight excluding hydrogens is 142 g/mol. The van der Waals surface area contributed by atoms with E-state index in [9.17, 15) is 0 Å². The van der Waals surface area contributed by atoms with Crippen LogP contribution >= 0.6 is 11.3 Å². The van der Waals surface area contributed by atoms with Crippen molar-refractivity contribution in [2.45, 2.75) is 6.92 Å². The van der Waals surface area contributed by atoms with Gasteiger partial charge in [0.2, 0.25) is 0 Å². The smallest absolute Gasteiger partial charge is 0.0604 e. The Labute approximate surface area is 63.9 Å². The molecule has 0 N–H and O–H groups in total. The van der Waals surface area contributed by atoms with Gasteiger partial charge in [-0.15, -0.1) is 11.3 Å². The highest BCUT2D eigenvalue weighted by Crippen LogP contribution is 2.24. The van der Waals surface area contributed by atoms with Crippen LogP contribution in [0.25, 0.3) is 10.2 Å². The third-order valence-electron chi connectivity index (χ3n) is 1.60. The summed E-state index contributed by atoms with van der Waals surface area (Å²) in [6, 6.07) is 5.38. The van der Waals surface area contributed by atoms with E-state index in [0.717, 1.165) is 0 Å². The Bertz CT molecular complexity index is 356. The lowest BCUT2D eigenvalue weighted by atomic mass is 10.4. The summed E-state index contributed by atoms with van der Waals surface area (Å²) in [5.41, 5.74) is 1.29. The first-order chi connectivity index (χ1) is 4.77. The van der Waals surface area contributed by atoms with Crippen molar-refractivity contribution < 1.29 is 0 Å². The van der Waals surface area contributed by atoms with Crippen LogP contribution in [0.15, 0.2) is 12.3 Å². The summed E-state index contributed by atoms with van der Waals surface area (Å²) in [4.78, 5) is 1.36. The van der Waals surface area contributed by atoms with E-state index >= 15 is 0 Å². The molecule has 1 radical (unpaired) electrons. The SMILES string of the molecule is Cc1cc2c([c]cn2C)s1. The average molecular weight is 150 g/mol. The number of thiophene rings is 1. The van der Waals surface area contributed by atoms with Crippen molar-refractivity contribution in [2.24, 2.45) is 7.05 Å². The zero-order valence-electron chi connectivity index (χ0n) is 6.01. The summed E-state index contributed by atoms with van der Waals surface area (Å²) in [6.45, 7) is 2.12. The molecule has 0 aliphatic carbocycles. The lowest BCUT2D eigenvalue weighted by Crippen LogP contribution is -1.79. The molecule has 2 heterocycles. The lowest BCUT2D eigenvalue weighted by Gasteiger charge is -1.86. The molecule has 2 heteroatoms. The number of nitrogens with zero attached hydrogens (tertiary/aromatic N) is 1. The van der Waals surface area contributed by atoms with E-state index in [1.54, 1.807) is 11.3 Å². The maximum atomic E-state index is 3.19. The number of aromatic nitrogens is 1. The van der Waals surface area contributed by atoms with Crippen LogP contribution in [0.4, 0.5) is 0 Å². The number of hydrogen-bond donors (Lipinski definition) is 0. The Hall–Kier alpha value is -0.760. The van der Waals surface area contributed by atoms with E-state index in [1.807, 2.05) is 13.2 Å². The van der Waals surface area contributed by atoms with Crippen molar-refractivity contribution in [3.63, 3.8) is 0 Å². The maximum Gasteiger partial charge on any atom is 0.0604 e. The second-order valence-corrected chi connectivity index (χ2v) is 3.71. The zero-order valence-corrected chi connectivity index (χ0v) is 6.83. The lowest BCUT2D eigenvalue weighted by molar-refractivity contribution is 0.969. The molecule has 1 nitrogen and oxygen atoms in total. The van der Waals surface area contributed by atoms with Crippen LogP contribution in [0.1, 0.15) is 4.88 Å². The number of fused-ring (bicyclic) bond motifs is 1. The third-order valence-corrected chi connectivity index (χ3v) is 2.58. The van der Waals surface area contributed by atoms with Gasteiger partial charge in [-0.2, -0.15) is 0 Å².